The summed E-state index contributed by atoms with van der Waals surface area (Å²) in [6.45, 7) is 3.50. The molecule has 0 unspecified atom stereocenters. The zero-order chi connectivity index (χ0) is 15.8. The highest BCUT2D eigenvalue weighted by Crippen LogP contribution is 2.28. The van der Waals surface area contributed by atoms with Crippen LogP contribution in [0.25, 0.3) is 0 Å². The van der Waals surface area contributed by atoms with E-state index in [1.165, 1.54) is 18.2 Å². The standard InChI is InChI=1S/C14H14BrFN2O2S/c1-8-3-6-13(17)14(9(8)2)21(19,20)18-10-4-5-12(16)11(15)7-10/h3-7,18H,17H2,1-2H3. The van der Waals surface area contributed by atoms with Gasteiger partial charge in [-0.1, -0.05) is 6.07 Å². The predicted molar refractivity (Wildman–Crippen MR) is 85.2 cm³/mol. The van der Waals surface area contributed by atoms with Crippen LogP contribution in [0.15, 0.2) is 39.7 Å². The molecule has 0 aliphatic carbocycles. The van der Waals surface area contributed by atoms with Crippen molar-refractivity contribution in [1.29, 1.82) is 0 Å². The minimum absolute atomic E-state index is 0.0444. The molecule has 0 amide bonds. The van der Waals surface area contributed by atoms with Crippen molar-refractivity contribution in [3.05, 3.63) is 51.7 Å². The van der Waals surface area contributed by atoms with Crippen LogP contribution in [0.4, 0.5) is 15.8 Å². The molecule has 0 radical (unpaired) electrons. The first kappa shape index (κ1) is 15.8. The van der Waals surface area contributed by atoms with Crippen molar-refractivity contribution in [3.8, 4) is 0 Å². The van der Waals surface area contributed by atoms with Crippen LogP contribution < -0.4 is 10.5 Å². The number of aryl methyl sites for hydroxylation is 1. The number of sulfonamides is 1. The highest BCUT2D eigenvalue weighted by molar-refractivity contribution is 9.10. The Kier molecular flexibility index (Phi) is 4.25. The Bertz CT molecular complexity index is 807. The van der Waals surface area contributed by atoms with E-state index in [4.69, 9.17) is 5.73 Å². The van der Waals surface area contributed by atoms with Gasteiger partial charge in [0.1, 0.15) is 10.7 Å². The Morgan fingerprint density at radius 3 is 2.48 bits per heavy atom. The first-order valence-corrected chi connectivity index (χ1v) is 8.33. The van der Waals surface area contributed by atoms with Crippen molar-refractivity contribution in [2.75, 3.05) is 10.5 Å². The molecular weight excluding hydrogens is 359 g/mol. The molecule has 0 atom stereocenters. The average Bonchev–Trinajstić information content (AvgIpc) is 2.38. The van der Waals surface area contributed by atoms with E-state index < -0.39 is 15.8 Å². The third-order valence-electron chi connectivity index (χ3n) is 3.15. The molecule has 21 heavy (non-hydrogen) atoms. The van der Waals surface area contributed by atoms with Crippen molar-refractivity contribution < 1.29 is 12.8 Å². The van der Waals surface area contributed by atoms with Gasteiger partial charge < -0.3 is 5.73 Å². The van der Waals surface area contributed by atoms with E-state index in [1.807, 2.05) is 6.92 Å². The lowest BCUT2D eigenvalue weighted by Gasteiger charge is -2.14. The maximum atomic E-state index is 13.2. The lowest BCUT2D eigenvalue weighted by molar-refractivity contribution is 0.600. The second-order valence-corrected chi connectivity index (χ2v) is 7.13. The van der Waals surface area contributed by atoms with Crippen molar-refractivity contribution in [2.45, 2.75) is 18.7 Å². The van der Waals surface area contributed by atoms with Crippen LogP contribution in [-0.4, -0.2) is 8.42 Å². The van der Waals surface area contributed by atoms with Crippen molar-refractivity contribution in [2.24, 2.45) is 0 Å². The third-order valence-corrected chi connectivity index (χ3v) is 5.34. The lowest BCUT2D eigenvalue weighted by Crippen LogP contribution is -2.16. The first-order chi connectivity index (χ1) is 9.72. The molecule has 0 bridgehead atoms. The second kappa shape index (κ2) is 5.65. The Labute approximate surface area is 131 Å². The van der Waals surface area contributed by atoms with Crippen molar-refractivity contribution in [1.82, 2.24) is 0 Å². The van der Waals surface area contributed by atoms with Gasteiger partial charge in [-0.25, -0.2) is 12.8 Å². The summed E-state index contributed by atoms with van der Waals surface area (Å²) in [5.74, 6) is -0.468. The maximum absolute atomic E-state index is 13.2. The molecule has 0 spiro atoms. The van der Waals surface area contributed by atoms with E-state index in [0.717, 1.165) is 5.56 Å². The van der Waals surface area contributed by atoms with Gasteiger partial charge in [0.25, 0.3) is 10.0 Å². The minimum atomic E-state index is -3.85. The predicted octanol–water partition coefficient (Wildman–Crippen LogP) is 3.59. The van der Waals surface area contributed by atoms with E-state index >= 15 is 0 Å². The topological polar surface area (TPSA) is 72.2 Å². The number of benzene rings is 2. The summed E-state index contributed by atoms with van der Waals surface area (Å²) in [6, 6.07) is 7.19. The summed E-state index contributed by atoms with van der Waals surface area (Å²) in [5.41, 5.74) is 7.63. The van der Waals surface area contributed by atoms with Crippen LogP contribution in [0.2, 0.25) is 0 Å². The second-order valence-electron chi connectivity index (χ2n) is 4.66. The van der Waals surface area contributed by atoms with Gasteiger partial charge in [0.15, 0.2) is 0 Å². The smallest absolute Gasteiger partial charge is 0.264 e. The number of nitrogens with two attached hydrogens (primary N) is 1. The number of hydrogen-bond donors (Lipinski definition) is 2. The number of hydrogen-bond acceptors (Lipinski definition) is 3. The van der Waals surface area contributed by atoms with Gasteiger partial charge in [-0.15, -0.1) is 0 Å². The largest absolute Gasteiger partial charge is 0.398 e. The number of anilines is 2. The number of rotatable bonds is 3. The summed E-state index contributed by atoms with van der Waals surface area (Å²) >= 11 is 3.02. The number of nitrogen functional groups attached to an aromatic ring is 1. The van der Waals surface area contributed by atoms with Gasteiger partial charge in [-0.3, -0.25) is 4.72 Å². The highest BCUT2D eigenvalue weighted by atomic mass is 79.9. The highest BCUT2D eigenvalue weighted by Gasteiger charge is 2.21. The summed E-state index contributed by atoms with van der Waals surface area (Å²) in [4.78, 5) is 0.0444. The summed E-state index contributed by atoms with van der Waals surface area (Å²) in [5, 5.41) is 0. The molecule has 0 saturated heterocycles. The van der Waals surface area contributed by atoms with E-state index in [2.05, 4.69) is 20.7 Å². The summed E-state index contributed by atoms with van der Waals surface area (Å²) < 4.78 is 40.8. The molecule has 7 heteroatoms. The van der Waals surface area contributed by atoms with E-state index in [0.29, 0.717) is 5.56 Å². The molecule has 2 rings (SSSR count). The van der Waals surface area contributed by atoms with Crippen LogP contribution in [0.1, 0.15) is 11.1 Å². The molecule has 0 heterocycles. The van der Waals surface area contributed by atoms with Crippen LogP contribution >= 0.6 is 15.9 Å². The normalized spacial score (nSPS) is 11.4. The fourth-order valence-corrected chi connectivity index (χ4v) is 3.79. The fraction of sp³-hybridized carbons (Fsp3) is 0.143. The van der Waals surface area contributed by atoms with E-state index in [9.17, 15) is 12.8 Å². The fourth-order valence-electron chi connectivity index (χ4n) is 1.93. The molecule has 112 valence electrons. The Balaban J connectivity index is 2.48. The molecular formula is C14H14BrFN2O2S. The van der Waals surface area contributed by atoms with Gasteiger partial charge in [-0.05, 0) is 65.2 Å². The molecule has 3 N–H and O–H groups in total. The van der Waals surface area contributed by atoms with E-state index in [-0.39, 0.29) is 20.7 Å². The monoisotopic (exact) mass is 372 g/mol. The molecule has 2 aromatic carbocycles. The van der Waals surface area contributed by atoms with Gasteiger partial charge in [0, 0.05) is 0 Å². The molecule has 2 aromatic rings. The Morgan fingerprint density at radius 2 is 1.86 bits per heavy atom. The van der Waals surface area contributed by atoms with Crippen LogP contribution in [0, 0.1) is 19.7 Å². The third kappa shape index (κ3) is 3.19. The van der Waals surface area contributed by atoms with Crippen molar-refractivity contribution in [3.63, 3.8) is 0 Å². The van der Waals surface area contributed by atoms with Gasteiger partial charge in [0.05, 0.1) is 15.8 Å². The number of nitrogens with one attached hydrogen (secondary N) is 1. The molecule has 0 aliphatic heterocycles. The Hall–Kier alpha value is -1.60. The van der Waals surface area contributed by atoms with Gasteiger partial charge in [-0.2, -0.15) is 0 Å². The van der Waals surface area contributed by atoms with E-state index in [1.54, 1.807) is 19.1 Å². The summed E-state index contributed by atoms with van der Waals surface area (Å²) in [6.07, 6.45) is 0. The van der Waals surface area contributed by atoms with Crippen LogP contribution in [0.5, 0.6) is 0 Å². The Morgan fingerprint density at radius 1 is 1.19 bits per heavy atom. The molecule has 0 fully saturated rings. The average molecular weight is 373 g/mol. The summed E-state index contributed by atoms with van der Waals surface area (Å²) in [7, 11) is -3.85. The van der Waals surface area contributed by atoms with Crippen LogP contribution in [0.3, 0.4) is 0 Å². The van der Waals surface area contributed by atoms with Crippen LogP contribution in [-0.2, 0) is 10.0 Å². The first-order valence-electron chi connectivity index (χ1n) is 6.06. The lowest BCUT2D eigenvalue weighted by atomic mass is 10.1. The number of halogens is 2. The molecule has 0 aliphatic rings. The van der Waals surface area contributed by atoms with Gasteiger partial charge >= 0.3 is 0 Å². The maximum Gasteiger partial charge on any atom is 0.264 e. The SMILES string of the molecule is Cc1ccc(N)c(S(=O)(=O)Nc2ccc(F)c(Br)c2)c1C. The quantitative estimate of drug-likeness (QED) is 0.808. The minimum Gasteiger partial charge on any atom is -0.398 e. The zero-order valence-corrected chi connectivity index (χ0v) is 13.8. The molecule has 4 nitrogen and oxygen atoms in total. The van der Waals surface area contributed by atoms with Crippen molar-refractivity contribution >= 4 is 37.3 Å². The van der Waals surface area contributed by atoms with Gasteiger partial charge in [0.2, 0.25) is 0 Å². The molecule has 0 saturated carbocycles. The molecule has 0 aromatic heterocycles. The zero-order valence-electron chi connectivity index (χ0n) is 11.4.